The summed E-state index contributed by atoms with van der Waals surface area (Å²) in [4.78, 5) is 19.1. The van der Waals surface area contributed by atoms with Gasteiger partial charge in [0.15, 0.2) is 0 Å². The predicted molar refractivity (Wildman–Crippen MR) is 93.6 cm³/mol. The van der Waals surface area contributed by atoms with E-state index in [-0.39, 0.29) is 25.5 Å². The summed E-state index contributed by atoms with van der Waals surface area (Å²) < 4.78 is 31.2. The third-order valence-electron chi connectivity index (χ3n) is 2.91. The minimum absolute atomic E-state index is 0.0212. The summed E-state index contributed by atoms with van der Waals surface area (Å²) in [6, 6.07) is 0. The second-order valence-electron chi connectivity index (χ2n) is 5.30. The zero-order valence-corrected chi connectivity index (χ0v) is 16.2. The fraction of sp³-hybridized carbons (Fsp3) is 1.00. The van der Waals surface area contributed by atoms with Crippen molar-refractivity contribution in [2.45, 2.75) is 19.5 Å². The van der Waals surface area contributed by atoms with E-state index in [1.165, 1.54) is 0 Å². The molecule has 0 saturated heterocycles. The number of rotatable bonds is 19. The third kappa shape index (κ3) is 17.3. The average Bonchev–Trinajstić information content (AvgIpc) is 2.57. The van der Waals surface area contributed by atoms with Gasteiger partial charge < -0.3 is 28.8 Å². The molecule has 3 N–H and O–H groups in total. The van der Waals surface area contributed by atoms with Crippen LogP contribution in [0.1, 0.15) is 13.8 Å². The molecule has 0 rings (SSSR count). The minimum atomic E-state index is -3.26. The van der Waals surface area contributed by atoms with Crippen LogP contribution < -0.4 is 0 Å². The van der Waals surface area contributed by atoms with Gasteiger partial charge >= 0.3 is 7.94 Å². The van der Waals surface area contributed by atoms with Gasteiger partial charge in [-0.05, 0) is 13.8 Å². The smallest absolute Gasteiger partial charge is 0.394 e. The topological polar surface area (TPSA) is 116 Å². The molecule has 0 spiro atoms. The van der Waals surface area contributed by atoms with Crippen LogP contribution in [-0.2, 0) is 28.2 Å². The van der Waals surface area contributed by atoms with Crippen molar-refractivity contribution in [2.75, 3.05) is 79.3 Å². The van der Waals surface area contributed by atoms with Crippen molar-refractivity contribution >= 4 is 7.94 Å². The number of hydrogen-bond donors (Lipinski definition) is 3. The Balaban J connectivity index is 3.12. The fourth-order valence-corrected chi connectivity index (χ4v) is 2.07. The molecule has 0 aliphatic carbocycles. The molecule has 0 saturated carbocycles. The molecule has 0 aliphatic heterocycles. The number of hydrogen-bond acceptors (Lipinski definition) is 9. The maximum absolute atomic E-state index is 9.54. The van der Waals surface area contributed by atoms with E-state index < -0.39 is 7.94 Å². The Hall–Kier alpha value is 0.0700. The van der Waals surface area contributed by atoms with Gasteiger partial charge in [-0.2, -0.15) is 14.3 Å². The third-order valence-corrected chi connectivity index (χ3v) is 4.81. The Kier molecular flexibility index (Phi) is 17.5. The van der Waals surface area contributed by atoms with Crippen molar-refractivity contribution in [3.8, 4) is 0 Å². The summed E-state index contributed by atoms with van der Waals surface area (Å²) in [5, 5.41) is 8.50. The zero-order valence-electron chi connectivity index (χ0n) is 15.3. The Morgan fingerprint density at radius 1 is 0.600 bits per heavy atom. The van der Waals surface area contributed by atoms with E-state index >= 15 is 0 Å². The fourth-order valence-electron chi connectivity index (χ4n) is 1.43. The average molecular weight is 389 g/mol. The van der Waals surface area contributed by atoms with Crippen molar-refractivity contribution in [3.63, 3.8) is 0 Å². The molecule has 0 aliphatic rings. The monoisotopic (exact) mass is 389 g/mol. The van der Waals surface area contributed by atoms with Gasteiger partial charge in [0, 0.05) is 0 Å². The van der Waals surface area contributed by atoms with Crippen molar-refractivity contribution in [1.82, 2.24) is 0 Å². The summed E-state index contributed by atoms with van der Waals surface area (Å²) in [5.74, 6) is 0. The SMILES string of the molecule is CC(C)[P+](O)(O)OCCOCCOCCOCCOCCOCCO. The van der Waals surface area contributed by atoms with Crippen LogP contribution in [0, 0.1) is 0 Å². The molecule has 152 valence electrons. The second kappa shape index (κ2) is 17.5. The highest BCUT2D eigenvalue weighted by Gasteiger charge is 2.40. The standard InChI is InChI=1S/C15H34O9P/c1-15(2)25(17,18)24-14-13-23-12-11-22-10-9-21-8-7-20-6-5-19-4-3-16/h15-18H,3-14H2,1-2H3/q+1. The largest absolute Gasteiger partial charge is 0.408 e. The van der Waals surface area contributed by atoms with Crippen LogP contribution in [0.25, 0.3) is 0 Å². The lowest BCUT2D eigenvalue weighted by Crippen LogP contribution is -2.15. The first-order chi connectivity index (χ1) is 12.0. The first-order valence-corrected chi connectivity index (χ1v) is 10.2. The highest BCUT2D eigenvalue weighted by molar-refractivity contribution is 7.60. The van der Waals surface area contributed by atoms with Crippen molar-refractivity contribution in [2.24, 2.45) is 0 Å². The molecular formula is C15H34O9P+. The Bertz CT molecular complexity index is 280. The van der Waals surface area contributed by atoms with Gasteiger partial charge in [-0.3, -0.25) is 0 Å². The summed E-state index contributed by atoms with van der Waals surface area (Å²) in [6.45, 7) is 7.88. The predicted octanol–water partition coefficient (Wildman–Crippen LogP) is 0.234. The highest BCUT2D eigenvalue weighted by Crippen LogP contribution is 2.55. The Labute approximate surface area is 150 Å². The van der Waals surface area contributed by atoms with Gasteiger partial charge in [0.25, 0.3) is 0 Å². The molecular weight excluding hydrogens is 355 g/mol. The highest BCUT2D eigenvalue weighted by atomic mass is 31.2. The van der Waals surface area contributed by atoms with E-state index in [2.05, 4.69) is 0 Å². The molecule has 25 heavy (non-hydrogen) atoms. The lowest BCUT2D eigenvalue weighted by Gasteiger charge is -2.14. The maximum atomic E-state index is 9.54. The van der Waals surface area contributed by atoms with Gasteiger partial charge in [-0.15, -0.1) is 0 Å². The summed E-state index contributed by atoms with van der Waals surface area (Å²) >= 11 is 0. The first-order valence-electron chi connectivity index (χ1n) is 8.49. The molecule has 0 amide bonds. The van der Waals surface area contributed by atoms with Crippen LogP contribution in [0.15, 0.2) is 0 Å². The van der Waals surface area contributed by atoms with Gasteiger partial charge in [-0.1, -0.05) is 0 Å². The molecule has 10 heteroatoms. The maximum Gasteiger partial charge on any atom is 0.408 e. The van der Waals surface area contributed by atoms with Crippen LogP contribution in [0.5, 0.6) is 0 Å². The summed E-state index contributed by atoms with van der Waals surface area (Å²) in [6.07, 6.45) is 0. The van der Waals surface area contributed by atoms with Gasteiger partial charge in [-0.25, -0.2) is 0 Å². The van der Waals surface area contributed by atoms with E-state index in [1.54, 1.807) is 13.8 Å². The van der Waals surface area contributed by atoms with Crippen LogP contribution in [0.3, 0.4) is 0 Å². The van der Waals surface area contributed by atoms with E-state index in [0.29, 0.717) is 59.5 Å². The quantitative estimate of drug-likeness (QED) is 0.211. The van der Waals surface area contributed by atoms with E-state index in [1.807, 2.05) is 0 Å². The number of ether oxygens (including phenoxy) is 5. The van der Waals surface area contributed by atoms with E-state index in [9.17, 15) is 9.79 Å². The summed E-state index contributed by atoms with van der Waals surface area (Å²) in [5.41, 5.74) is -0.305. The number of aliphatic hydroxyl groups is 1. The minimum Gasteiger partial charge on any atom is -0.394 e. The molecule has 0 unspecified atom stereocenters. The zero-order chi connectivity index (χ0) is 18.8. The van der Waals surface area contributed by atoms with Gasteiger partial charge in [0.05, 0.1) is 72.7 Å². The molecule has 0 fully saturated rings. The van der Waals surface area contributed by atoms with Crippen molar-refractivity contribution in [1.29, 1.82) is 0 Å². The molecule has 0 heterocycles. The van der Waals surface area contributed by atoms with E-state index in [4.69, 9.17) is 33.3 Å². The molecule has 9 nitrogen and oxygen atoms in total. The Morgan fingerprint density at radius 3 is 1.24 bits per heavy atom. The van der Waals surface area contributed by atoms with Crippen LogP contribution in [-0.4, -0.2) is 99.8 Å². The van der Waals surface area contributed by atoms with Crippen LogP contribution in [0.4, 0.5) is 0 Å². The lowest BCUT2D eigenvalue weighted by molar-refractivity contribution is -0.0150. The molecule has 0 bridgehead atoms. The summed E-state index contributed by atoms with van der Waals surface area (Å²) in [7, 11) is -3.26. The first kappa shape index (κ1) is 25.1. The normalized spacial score (nSPS) is 12.2. The molecule has 0 aromatic heterocycles. The van der Waals surface area contributed by atoms with Crippen LogP contribution in [0.2, 0.25) is 0 Å². The van der Waals surface area contributed by atoms with Gasteiger partial charge in [0.1, 0.15) is 12.3 Å². The van der Waals surface area contributed by atoms with Crippen LogP contribution >= 0.6 is 7.94 Å². The Morgan fingerprint density at radius 2 is 0.920 bits per heavy atom. The second-order valence-corrected chi connectivity index (χ2v) is 7.77. The number of aliphatic hydroxyl groups excluding tert-OH is 1. The van der Waals surface area contributed by atoms with Crippen molar-refractivity contribution < 1.29 is 43.1 Å². The molecule has 0 radical (unpaired) electrons. The lowest BCUT2D eigenvalue weighted by atomic mass is 10.6. The molecule has 0 aromatic carbocycles. The van der Waals surface area contributed by atoms with E-state index in [0.717, 1.165) is 0 Å². The molecule has 0 atom stereocenters. The van der Waals surface area contributed by atoms with Crippen molar-refractivity contribution in [3.05, 3.63) is 0 Å². The van der Waals surface area contributed by atoms with Gasteiger partial charge in [0.2, 0.25) is 0 Å². The molecule has 0 aromatic rings.